The van der Waals surface area contributed by atoms with E-state index in [4.69, 9.17) is 11.6 Å². The second-order valence-corrected chi connectivity index (χ2v) is 4.59. The van der Waals surface area contributed by atoms with Crippen LogP contribution in [0.3, 0.4) is 0 Å². The standard InChI is InChI=1S/C11H17ClN4/c1-8-7-14-11(15-10(8)12)16(2)9-3-5-13-6-4-9/h7,9,13H,3-6H2,1-2H3. The lowest BCUT2D eigenvalue weighted by Gasteiger charge is -2.31. The average molecular weight is 241 g/mol. The number of nitrogens with one attached hydrogen (secondary N) is 1. The summed E-state index contributed by atoms with van der Waals surface area (Å²) >= 11 is 6.01. The van der Waals surface area contributed by atoms with E-state index in [2.05, 4.69) is 20.2 Å². The first kappa shape index (κ1) is 11.6. The molecule has 0 aromatic carbocycles. The maximum absolute atomic E-state index is 6.01. The molecule has 88 valence electrons. The molecule has 2 heterocycles. The summed E-state index contributed by atoms with van der Waals surface area (Å²) in [5.74, 6) is 0.725. The Hall–Kier alpha value is -0.870. The van der Waals surface area contributed by atoms with Gasteiger partial charge in [0.25, 0.3) is 0 Å². The number of piperidine rings is 1. The molecule has 1 fully saturated rings. The second kappa shape index (κ2) is 4.97. The van der Waals surface area contributed by atoms with Crippen LogP contribution in [0.5, 0.6) is 0 Å². The van der Waals surface area contributed by atoms with Gasteiger partial charge >= 0.3 is 0 Å². The van der Waals surface area contributed by atoms with E-state index in [0.717, 1.165) is 37.4 Å². The number of anilines is 1. The van der Waals surface area contributed by atoms with Gasteiger partial charge in [0.05, 0.1) is 0 Å². The molecular weight excluding hydrogens is 224 g/mol. The minimum absolute atomic E-state index is 0.514. The van der Waals surface area contributed by atoms with Crippen LogP contribution in [-0.4, -0.2) is 36.1 Å². The number of rotatable bonds is 2. The number of halogens is 1. The van der Waals surface area contributed by atoms with Gasteiger partial charge in [-0.1, -0.05) is 11.6 Å². The van der Waals surface area contributed by atoms with Crippen LogP contribution in [0.1, 0.15) is 18.4 Å². The van der Waals surface area contributed by atoms with Crippen molar-refractivity contribution in [3.8, 4) is 0 Å². The number of nitrogens with zero attached hydrogens (tertiary/aromatic N) is 3. The van der Waals surface area contributed by atoms with E-state index in [0.29, 0.717) is 11.2 Å². The van der Waals surface area contributed by atoms with E-state index in [9.17, 15) is 0 Å². The summed E-state index contributed by atoms with van der Waals surface area (Å²) in [5, 5.41) is 3.90. The fraction of sp³-hybridized carbons (Fsp3) is 0.636. The lowest BCUT2D eigenvalue weighted by molar-refractivity contribution is 0.439. The van der Waals surface area contributed by atoms with Crippen molar-refractivity contribution < 1.29 is 0 Å². The predicted molar refractivity (Wildman–Crippen MR) is 66.1 cm³/mol. The lowest BCUT2D eigenvalue weighted by Crippen LogP contribution is -2.41. The molecule has 2 rings (SSSR count). The van der Waals surface area contributed by atoms with E-state index >= 15 is 0 Å². The molecule has 1 aliphatic rings. The first-order valence-corrected chi connectivity index (χ1v) is 5.99. The zero-order valence-electron chi connectivity index (χ0n) is 9.70. The quantitative estimate of drug-likeness (QED) is 0.798. The van der Waals surface area contributed by atoms with Gasteiger partial charge in [0, 0.05) is 24.8 Å². The zero-order valence-corrected chi connectivity index (χ0v) is 10.5. The molecule has 0 aliphatic carbocycles. The minimum atomic E-state index is 0.514. The average Bonchev–Trinajstić information content (AvgIpc) is 2.33. The Morgan fingerprint density at radius 2 is 2.12 bits per heavy atom. The number of hydrogen-bond acceptors (Lipinski definition) is 4. The smallest absolute Gasteiger partial charge is 0.226 e. The Balaban J connectivity index is 2.12. The zero-order chi connectivity index (χ0) is 11.5. The van der Waals surface area contributed by atoms with Crippen LogP contribution in [0.25, 0.3) is 0 Å². The topological polar surface area (TPSA) is 41.1 Å². The first-order valence-electron chi connectivity index (χ1n) is 5.61. The van der Waals surface area contributed by atoms with Crippen LogP contribution in [0.4, 0.5) is 5.95 Å². The fourth-order valence-corrected chi connectivity index (χ4v) is 2.06. The molecule has 1 aliphatic heterocycles. The lowest BCUT2D eigenvalue weighted by atomic mass is 10.1. The Labute approximate surface area is 101 Å². The highest BCUT2D eigenvalue weighted by Gasteiger charge is 2.20. The first-order chi connectivity index (χ1) is 7.68. The summed E-state index contributed by atoms with van der Waals surface area (Å²) in [7, 11) is 2.04. The molecule has 0 radical (unpaired) electrons. The molecule has 16 heavy (non-hydrogen) atoms. The van der Waals surface area contributed by atoms with Crippen LogP contribution in [-0.2, 0) is 0 Å². The third-order valence-electron chi connectivity index (χ3n) is 3.07. The second-order valence-electron chi connectivity index (χ2n) is 4.24. The molecule has 0 atom stereocenters. The summed E-state index contributed by atoms with van der Waals surface area (Å²) in [6.07, 6.45) is 4.04. The minimum Gasteiger partial charge on any atom is -0.341 e. The molecule has 1 N–H and O–H groups in total. The number of hydrogen-bond donors (Lipinski definition) is 1. The Bertz CT molecular complexity index is 363. The highest BCUT2D eigenvalue weighted by molar-refractivity contribution is 6.30. The highest BCUT2D eigenvalue weighted by Crippen LogP contribution is 2.19. The van der Waals surface area contributed by atoms with Crippen LogP contribution in [0.2, 0.25) is 5.15 Å². The third-order valence-corrected chi connectivity index (χ3v) is 3.45. The van der Waals surface area contributed by atoms with Crippen molar-refractivity contribution >= 4 is 17.5 Å². The largest absolute Gasteiger partial charge is 0.341 e. The molecule has 0 unspecified atom stereocenters. The molecule has 0 amide bonds. The monoisotopic (exact) mass is 240 g/mol. The van der Waals surface area contributed by atoms with Gasteiger partial charge in [0.1, 0.15) is 5.15 Å². The summed E-state index contributed by atoms with van der Waals surface area (Å²) in [4.78, 5) is 10.8. The van der Waals surface area contributed by atoms with E-state index in [1.807, 2.05) is 14.0 Å². The molecule has 1 aromatic heterocycles. The van der Waals surface area contributed by atoms with Crippen LogP contribution < -0.4 is 10.2 Å². The normalized spacial score (nSPS) is 17.4. The highest BCUT2D eigenvalue weighted by atomic mass is 35.5. The molecule has 1 saturated heterocycles. The van der Waals surface area contributed by atoms with Gasteiger partial charge in [-0.2, -0.15) is 0 Å². The maximum Gasteiger partial charge on any atom is 0.226 e. The molecule has 0 saturated carbocycles. The van der Waals surface area contributed by atoms with E-state index in [-0.39, 0.29) is 0 Å². The number of aryl methyl sites for hydroxylation is 1. The molecular formula is C11H17ClN4. The van der Waals surface area contributed by atoms with Crippen molar-refractivity contribution in [3.05, 3.63) is 16.9 Å². The summed E-state index contributed by atoms with van der Waals surface area (Å²) < 4.78 is 0. The molecule has 0 bridgehead atoms. The van der Waals surface area contributed by atoms with E-state index in [1.165, 1.54) is 0 Å². The van der Waals surface area contributed by atoms with Crippen molar-refractivity contribution in [3.63, 3.8) is 0 Å². The summed E-state index contributed by atoms with van der Waals surface area (Å²) in [5.41, 5.74) is 0.920. The van der Waals surface area contributed by atoms with Crippen molar-refractivity contribution in [1.82, 2.24) is 15.3 Å². The van der Waals surface area contributed by atoms with Crippen molar-refractivity contribution in [1.29, 1.82) is 0 Å². The molecule has 4 nitrogen and oxygen atoms in total. The Morgan fingerprint density at radius 1 is 1.44 bits per heavy atom. The Morgan fingerprint density at radius 3 is 2.75 bits per heavy atom. The maximum atomic E-state index is 6.01. The molecule has 5 heteroatoms. The summed E-state index contributed by atoms with van der Waals surface area (Å²) in [6, 6.07) is 0.514. The van der Waals surface area contributed by atoms with Crippen LogP contribution in [0.15, 0.2) is 6.20 Å². The fourth-order valence-electron chi connectivity index (χ4n) is 1.94. The van der Waals surface area contributed by atoms with Crippen LogP contribution in [0, 0.1) is 6.92 Å². The van der Waals surface area contributed by atoms with Gasteiger partial charge in [-0.05, 0) is 32.9 Å². The van der Waals surface area contributed by atoms with Crippen molar-refractivity contribution in [2.75, 3.05) is 25.0 Å². The van der Waals surface area contributed by atoms with E-state index in [1.54, 1.807) is 6.20 Å². The van der Waals surface area contributed by atoms with Gasteiger partial charge in [-0.3, -0.25) is 0 Å². The predicted octanol–water partition coefficient (Wildman–Crippen LogP) is 1.63. The van der Waals surface area contributed by atoms with Gasteiger partial charge in [0.2, 0.25) is 5.95 Å². The molecule has 1 aromatic rings. The van der Waals surface area contributed by atoms with Gasteiger partial charge in [-0.15, -0.1) is 0 Å². The third kappa shape index (κ3) is 2.44. The number of aromatic nitrogens is 2. The van der Waals surface area contributed by atoms with Gasteiger partial charge in [0.15, 0.2) is 0 Å². The van der Waals surface area contributed by atoms with Crippen LogP contribution >= 0.6 is 11.6 Å². The summed E-state index contributed by atoms with van der Waals surface area (Å²) in [6.45, 7) is 4.04. The SMILES string of the molecule is Cc1cnc(N(C)C2CCNCC2)nc1Cl. The van der Waals surface area contributed by atoms with Gasteiger partial charge in [-0.25, -0.2) is 9.97 Å². The van der Waals surface area contributed by atoms with Crippen molar-refractivity contribution in [2.24, 2.45) is 0 Å². The van der Waals surface area contributed by atoms with Crippen molar-refractivity contribution in [2.45, 2.75) is 25.8 Å². The Kier molecular flexibility index (Phi) is 3.61. The van der Waals surface area contributed by atoms with E-state index < -0.39 is 0 Å². The molecule has 0 spiro atoms. The van der Waals surface area contributed by atoms with Gasteiger partial charge < -0.3 is 10.2 Å².